The van der Waals surface area contributed by atoms with Gasteiger partial charge in [-0.15, -0.1) is 0 Å². The van der Waals surface area contributed by atoms with Gasteiger partial charge in [0.25, 0.3) is 0 Å². The van der Waals surface area contributed by atoms with Crippen LogP contribution in [-0.2, 0) is 0 Å². The van der Waals surface area contributed by atoms with Gasteiger partial charge in [0, 0.05) is 32.6 Å². The zero-order chi connectivity index (χ0) is 39.7. The molecule has 0 aliphatic carbocycles. The number of nitrogens with zero attached hydrogens (tertiary/aromatic N) is 3. The maximum Gasteiger partial charge on any atom is 0.0762 e. The Balaban J connectivity index is 1.04. The fourth-order valence-corrected chi connectivity index (χ4v) is 10.0. The number of fused-ring (bicyclic) bond motifs is 9. The number of benzene rings is 9. The van der Waals surface area contributed by atoms with Gasteiger partial charge in [0.2, 0.25) is 0 Å². The predicted molar refractivity (Wildman–Crippen MR) is 254 cm³/mol. The summed E-state index contributed by atoms with van der Waals surface area (Å²) in [5.41, 5.74) is 13.2. The largest absolute Gasteiger partial charge is 0.309 e. The number of allylic oxidation sites excluding steroid dienone is 2. The van der Waals surface area contributed by atoms with Crippen molar-refractivity contribution in [2.24, 2.45) is 10.9 Å². The molecule has 0 fully saturated rings. The number of aliphatic imine (C=N–C) groups is 1. The minimum absolute atomic E-state index is 0.0132. The second-order valence-corrected chi connectivity index (χ2v) is 16.3. The van der Waals surface area contributed by atoms with Crippen LogP contribution in [0.3, 0.4) is 0 Å². The normalized spacial score (nSPS) is 15.9. The van der Waals surface area contributed by atoms with E-state index in [2.05, 4.69) is 222 Å². The molecule has 0 saturated heterocycles. The molecule has 0 N–H and O–H groups in total. The maximum absolute atomic E-state index is 5.53. The molecule has 3 nitrogen and oxygen atoms in total. The molecule has 3 heterocycles. The third-order valence-corrected chi connectivity index (χ3v) is 12.8. The summed E-state index contributed by atoms with van der Waals surface area (Å²) in [6, 6.07) is 73.3. The van der Waals surface area contributed by atoms with Gasteiger partial charge in [0.05, 0.1) is 39.5 Å². The Morgan fingerprint density at radius 3 is 1.95 bits per heavy atom. The van der Waals surface area contributed by atoms with Crippen molar-refractivity contribution in [2.45, 2.75) is 19.4 Å². The van der Waals surface area contributed by atoms with Crippen molar-refractivity contribution in [3.63, 3.8) is 0 Å². The summed E-state index contributed by atoms with van der Waals surface area (Å²) in [6.07, 6.45) is 3.25. The third kappa shape index (κ3) is 5.47. The fourth-order valence-electron chi connectivity index (χ4n) is 10.0. The van der Waals surface area contributed by atoms with Crippen molar-refractivity contribution in [2.75, 3.05) is 0 Å². The smallest absolute Gasteiger partial charge is 0.0762 e. The van der Waals surface area contributed by atoms with Gasteiger partial charge in [0.1, 0.15) is 0 Å². The molecule has 1 aliphatic heterocycles. The van der Waals surface area contributed by atoms with Crippen molar-refractivity contribution in [3.05, 3.63) is 223 Å². The van der Waals surface area contributed by atoms with Gasteiger partial charge in [-0.2, -0.15) is 0 Å². The molecule has 9 aromatic carbocycles. The molecule has 3 heteroatoms. The lowest BCUT2D eigenvalue weighted by Crippen LogP contribution is -2.04. The highest BCUT2D eigenvalue weighted by Gasteiger charge is 2.25. The van der Waals surface area contributed by atoms with Crippen LogP contribution in [0.1, 0.15) is 36.1 Å². The van der Waals surface area contributed by atoms with E-state index in [9.17, 15) is 0 Å². The number of para-hydroxylation sites is 2. The maximum atomic E-state index is 5.53. The molecule has 12 rings (SSSR count). The van der Waals surface area contributed by atoms with Crippen molar-refractivity contribution in [1.29, 1.82) is 0 Å². The van der Waals surface area contributed by atoms with Crippen LogP contribution >= 0.6 is 0 Å². The zero-order valence-electron chi connectivity index (χ0n) is 33.3. The second-order valence-electron chi connectivity index (χ2n) is 16.3. The van der Waals surface area contributed by atoms with Crippen molar-refractivity contribution in [1.82, 2.24) is 9.13 Å². The van der Waals surface area contributed by atoms with Gasteiger partial charge in [-0.25, -0.2) is 0 Å². The van der Waals surface area contributed by atoms with E-state index in [0.717, 1.165) is 17.7 Å². The van der Waals surface area contributed by atoms with Gasteiger partial charge in [-0.05, 0) is 99.3 Å². The van der Waals surface area contributed by atoms with E-state index in [-0.39, 0.29) is 6.04 Å². The van der Waals surface area contributed by atoms with Crippen LogP contribution in [0, 0.1) is 5.92 Å². The standard InChI is InChI=1S/C57H41N3/c1-37-33-50(58-51(40-18-6-3-7-19-40)36-49(37)39-16-4-2-5-17-39)43-28-30-45-42(34-43)21-14-26-52(45)60-54-25-13-11-23-48(54)56-55(60)32-31-47-46-22-10-12-24-53(46)59(57(47)56)44-29-27-38-15-8-9-20-41(38)35-44/h2-32,34-37,50H,33H2,1H3. The first kappa shape index (κ1) is 34.5. The molecule has 11 aromatic rings. The summed E-state index contributed by atoms with van der Waals surface area (Å²) in [5.74, 6) is 0.323. The third-order valence-electron chi connectivity index (χ3n) is 12.8. The lowest BCUT2D eigenvalue weighted by molar-refractivity contribution is 0.569. The summed E-state index contributed by atoms with van der Waals surface area (Å²) < 4.78 is 4.98. The Labute approximate surface area is 348 Å². The van der Waals surface area contributed by atoms with Crippen molar-refractivity contribution in [3.8, 4) is 11.4 Å². The molecule has 2 aromatic heterocycles. The number of rotatable bonds is 5. The summed E-state index contributed by atoms with van der Waals surface area (Å²) in [7, 11) is 0. The first-order valence-corrected chi connectivity index (χ1v) is 21.1. The van der Waals surface area contributed by atoms with Crippen molar-refractivity contribution < 1.29 is 0 Å². The average molecular weight is 768 g/mol. The van der Waals surface area contributed by atoms with E-state index in [1.807, 2.05) is 0 Å². The quantitative estimate of drug-likeness (QED) is 0.166. The average Bonchev–Trinajstić information content (AvgIpc) is 3.76. The first-order valence-electron chi connectivity index (χ1n) is 21.1. The lowest BCUT2D eigenvalue weighted by atomic mass is 9.87. The first-order chi connectivity index (χ1) is 29.7. The van der Waals surface area contributed by atoms with E-state index in [1.54, 1.807) is 0 Å². The van der Waals surface area contributed by atoms with Crippen LogP contribution in [0.5, 0.6) is 0 Å². The fraction of sp³-hybridized carbons (Fsp3) is 0.0702. The van der Waals surface area contributed by atoms with E-state index in [4.69, 9.17) is 4.99 Å². The second kappa shape index (κ2) is 13.8. The molecular formula is C57H41N3. The minimum Gasteiger partial charge on any atom is -0.309 e. The van der Waals surface area contributed by atoms with Crippen LogP contribution in [-0.4, -0.2) is 14.8 Å². The number of hydrogen-bond acceptors (Lipinski definition) is 1. The molecule has 60 heavy (non-hydrogen) atoms. The molecule has 0 radical (unpaired) electrons. The molecule has 284 valence electrons. The highest BCUT2D eigenvalue weighted by atomic mass is 15.0. The topological polar surface area (TPSA) is 22.2 Å². The molecule has 0 amide bonds. The molecular weight excluding hydrogens is 727 g/mol. The van der Waals surface area contributed by atoms with Crippen LogP contribution in [0.2, 0.25) is 0 Å². The highest BCUT2D eigenvalue weighted by Crippen LogP contribution is 2.44. The highest BCUT2D eigenvalue weighted by molar-refractivity contribution is 6.26. The summed E-state index contributed by atoms with van der Waals surface area (Å²) in [6.45, 7) is 2.35. The van der Waals surface area contributed by atoms with E-state index < -0.39 is 0 Å². The molecule has 2 atom stereocenters. The SMILES string of the molecule is CC1CC(c2ccc3c(-n4c5ccccc5c5c4ccc4c6ccccc6n(-c6ccc7ccccc7c6)c45)cccc3c2)N=C(c2ccccc2)C=C1c1ccccc1. The minimum atomic E-state index is 0.0132. The Morgan fingerprint density at radius 2 is 1.13 bits per heavy atom. The molecule has 1 aliphatic rings. The summed E-state index contributed by atoms with van der Waals surface area (Å²) in [4.78, 5) is 5.53. The van der Waals surface area contributed by atoms with Crippen molar-refractivity contribution >= 4 is 76.4 Å². The molecule has 0 saturated carbocycles. The van der Waals surface area contributed by atoms with Gasteiger partial charge >= 0.3 is 0 Å². The number of hydrogen-bond donors (Lipinski definition) is 0. The van der Waals surface area contributed by atoms with Crippen LogP contribution in [0.4, 0.5) is 0 Å². The Bertz CT molecular complexity index is 3530. The van der Waals surface area contributed by atoms with Gasteiger partial charge in [0.15, 0.2) is 0 Å². The van der Waals surface area contributed by atoms with Gasteiger partial charge in [-0.3, -0.25) is 4.99 Å². The van der Waals surface area contributed by atoms with Gasteiger partial charge < -0.3 is 9.13 Å². The predicted octanol–water partition coefficient (Wildman–Crippen LogP) is 14.8. The zero-order valence-corrected chi connectivity index (χ0v) is 33.3. The van der Waals surface area contributed by atoms with Crippen LogP contribution in [0.25, 0.3) is 82.1 Å². The summed E-state index contributed by atoms with van der Waals surface area (Å²) in [5, 5.41) is 9.94. The van der Waals surface area contributed by atoms with Crippen LogP contribution < -0.4 is 0 Å². The monoisotopic (exact) mass is 767 g/mol. The van der Waals surface area contributed by atoms with E-state index in [1.165, 1.54) is 93.2 Å². The number of aromatic nitrogens is 2. The van der Waals surface area contributed by atoms with Gasteiger partial charge in [-0.1, -0.05) is 165 Å². The Morgan fingerprint density at radius 1 is 0.467 bits per heavy atom. The van der Waals surface area contributed by atoms with E-state index >= 15 is 0 Å². The lowest BCUT2D eigenvalue weighted by Gasteiger charge is -2.20. The summed E-state index contributed by atoms with van der Waals surface area (Å²) >= 11 is 0. The molecule has 2 unspecified atom stereocenters. The molecule has 0 bridgehead atoms. The molecule has 0 spiro atoms. The Hall–Kier alpha value is -7.49. The Kier molecular flexibility index (Phi) is 7.96. The van der Waals surface area contributed by atoms with Crippen LogP contribution in [0.15, 0.2) is 211 Å². The van der Waals surface area contributed by atoms with E-state index in [0.29, 0.717) is 5.92 Å².